The number of hydrogen-bond donors (Lipinski definition) is 2. The Bertz CT molecular complexity index is 897. The van der Waals surface area contributed by atoms with Crippen LogP contribution in [0.4, 0.5) is 5.82 Å². The summed E-state index contributed by atoms with van der Waals surface area (Å²) in [5, 5.41) is 3.44. The number of anilines is 1. The molecule has 0 radical (unpaired) electrons. The molecular weight excluding hydrogens is 316 g/mol. The molecule has 3 heterocycles. The van der Waals surface area contributed by atoms with Gasteiger partial charge in [-0.25, -0.2) is 15.0 Å². The fourth-order valence-corrected chi connectivity index (χ4v) is 3.22. The van der Waals surface area contributed by atoms with Crippen molar-refractivity contribution in [3.05, 3.63) is 48.2 Å². The van der Waals surface area contributed by atoms with E-state index in [1.54, 1.807) is 12.7 Å². The SMILES string of the molecule is Cc1cc(NC2CCN(C(=O)c3ccc4nc[nH]c4c3)CC2)ncn1. The summed E-state index contributed by atoms with van der Waals surface area (Å²) >= 11 is 0. The Balaban J connectivity index is 1.38. The highest BCUT2D eigenvalue weighted by Crippen LogP contribution is 2.19. The van der Waals surface area contributed by atoms with Gasteiger partial charge in [0.05, 0.1) is 17.4 Å². The van der Waals surface area contributed by atoms with Crippen LogP contribution in [0.2, 0.25) is 0 Å². The van der Waals surface area contributed by atoms with Crippen LogP contribution in [0.1, 0.15) is 28.9 Å². The number of aromatic nitrogens is 4. The molecule has 3 aromatic rings. The maximum absolute atomic E-state index is 12.7. The molecule has 2 aromatic heterocycles. The number of amides is 1. The van der Waals surface area contributed by atoms with Gasteiger partial charge < -0.3 is 15.2 Å². The van der Waals surface area contributed by atoms with Crippen molar-refractivity contribution in [2.45, 2.75) is 25.8 Å². The second kappa shape index (κ2) is 6.51. The van der Waals surface area contributed by atoms with Gasteiger partial charge in [-0.1, -0.05) is 0 Å². The van der Waals surface area contributed by atoms with Gasteiger partial charge in [-0.05, 0) is 38.0 Å². The zero-order chi connectivity index (χ0) is 17.2. The number of imidazole rings is 1. The smallest absolute Gasteiger partial charge is 0.253 e. The molecule has 1 amide bonds. The van der Waals surface area contributed by atoms with Crippen molar-refractivity contribution in [1.82, 2.24) is 24.8 Å². The number of carbonyl (C=O) groups excluding carboxylic acids is 1. The topological polar surface area (TPSA) is 86.8 Å². The van der Waals surface area contributed by atoms with Crippen molar-refractivity contribution < 1.29 is 4.79 Å². The predicted molar refractivity (Wildman–Crippen MR) is 95.4 cm³/mol. The normalized spacial score (nSPS) is 15.5. The van der Waals surface area contributed by atoms with Crippen LogP contribution in [0.5, 0.6) is 0 Å². The van der Waals surface area contributed by atoms with E-state index < -0.39 is 0 Å². The maximum Gasteiger partial charge on any atom is 0.253 e. The molecule has 0 spiro atoms. The first-order chi connectivity index (χ1) is 12.2. The van der Waals surface area contributed by atoms with Crippen molar-refractivity contribution in [1.29, 1.82) is 0 Å². The van der Waals surface area contributed by atoms with Gasteiger partial charge in [0.15, 0.2) is 0 Å². The van der Waals surface area contributed by atoms with Crippen LogP contribution in [0.3, 0.4) is 0 Å². The van der Waals surface area contributed by atoms with Crippen LogP contribution in [0.25, 0.3) is 11.0 Å². The molecule has 0 unspecified atom stereocenters. The van der Waals surface area contributed by atoms with E-state index >= 15 is 0 Å². The van der Waals surface area contributed by atoms with Gasteiger partial charge in [-0.2, -0.15) is 0 Å². The number of nitrogens with zero attached hydrogens (tertiary/aromatic N) is 4. The Hall–Kier alpha value is -2.96. The molecule has 7 heteroatoms. The molecule has 0 atom stereocenters. The Morgan fingerprint density at radius 1 is 1.20 bits per heavy atom. The molecule has 1 aromatic carbocycles. The number of carbonyl (C=O) groups is 1. The van der Waals surface area contributed by atoms with Gasteiger partial charge in [-0.15, -0.1) is 0 Å². The molecule has 0 bridgehead atoms. The van der Waals surface area contributed by atoms with E-state index in [0.717, 1.165) is 48.5 Å². The summed E-state index contributed by atoms with van der Waals surface area (Å²) in [5.41, 5.74) is 3.41. The summed E-state index contributed by atoms with van der Waals surface area (Å²) in [6.45, 7) is 3.42. The van der Waals surface area contributed by atoms with Crippen molar-refractivity contribution in [2.24, 2.45) is 0 Å². The third kappa shape index (κ3) is 3.31. The van der Waals surface area contributed by atoms with Gasteiger partial charge in [0.2, 0.25) is 0 Å². The van der Waals surface area contributed by atoms with Gasteiger partial charge in [0.25, 0.3) is 5.91 Å². The number of likely N-dealkylation sites (tertiary alicyclic amines) is 1. The van der Waals surface area contributed by atoms with E-state index in [0.29, 0.717) is 11.6 Å². The van der Waals surface area contributed by atoms with Gasteiger partial charge >= 0.3 is 0 Å². The second-order valence-electron chi connectivity index (χ2n) is 6.39. The van der Waals surface area contributed by atoms with E-state index in [1.807, 2.05) is 36.1 Å². The number of H-pyrrole nitrogens is 1. The fraction of sp³-hybridized carbons (Fsp3) is 0.333. The second-order valence-corrected chi connectivity index (χ2v) is 6.39. The minimum Gasteiger partial charge on any atom is -0.367 e. The standard InChI is InChI=1S/C18H20N6O/c1-12-8-17(22-10-19-12)23-14-4-6-24(7-5-14)18(25)13-2-3-15-16(9-13)21-11-20-15/h2-3,8-11,14H,4-7H2,1H3,(H,20,21)(H,19,22,23). The molecule has 1 aliphatic heterocycles. The number of piperidine rings is 1. The molecule has 1 aliphatic rings. The van der Waals surface area contributed by atoms with Gasteiger partial charge in [0.1, 0.15) is 12.1 Å². The van der Waals surface area contributed by atoms with E-state index in [9.17, 15) is 4.79 Å². The number of rotatable bonds is 3. The Labute approximate surface area is 145 Å². The lowest BCUT2D eigenvalue weighted by atomic mass is 10.0. The van der Waals surface area contributed by atoms with Gasteiger partial charge in [0, 0.05) is 36.5 Å². The lowest BCUT2D eigenvalue weighted by Crippen LogP contribution is -2.42. The fourth-order valence-electron chi connectivity index (χ4n) is 3.22. The van der Waals surface area contributed by atoms with E-state index in [2.05, 4.69) is 25.3 Å². The van der Waals surface area contributed by atoms with Crippen LogP contribution >= 0.6 is 0 Å². The highest BCUT2D eigenvalue weighted by molar-refractivity contribution is 5.97. The predicted octanol–water partition coefficient (Wildman–Crippen LogP) is 2.38. The van der Waals surface area contributed by atoms with Crippen LogP contribution in [-0.4, -0.2) is 49.9 Å². The molecule has 25 heavy (non-hydrogen) atoms. The zero-order valence-electron chi connectivity index (χ0n) is 14.1. The average Bonchev–Trinajstić information content (AvgIpc) is 3.09. The number of fused-ring (bicyclic) bond motifs is 1. The molecule has 2 N–H and O–H groups in total. The summed E-state index contributed by atoms with van der Waals surface area (Å²) in [6, 6.07) is 7.87. The lowest BCUT2D eigenvalue weighted by Gasteiger charge is -2.32. The quantitative estimate of drug-likeness (QED) is 0.767. The first-order valence-corrected chi connectivity index (χ1v) is 8.46. The highest BCUT2D eigenvalue weighted by Gasteiger charge is 2.24. The van der Waals surface area contributed by atoms with Crippen LogP contribution in [-0.2, 0) is 0 Å². The number of nitrogens with one attached hydrogen (secondary N) is 2. The summed E-state index contributed by atoms with van der Waals surface area (Å²) in [5.74, 6) is 0.926. The van der Waals surface area contributed by atoms with E-state index in [4.69, 9.17) is 0 Å². The van der Waals surface area contributed by atoms with Gasteiger partial charge in [-0.3, -0.25) is 4.79 Å². The number of benzene rings is 1. The summed E-state index contributed by atoms with van der Waals surface area (Å²) in [4.78, 5) is 30.2. The van der Waals surface area contributed by atoms with Crippen LogP contribution < -0.4 is 5.32 Å². The summed E-state index contributed by atoms with van der Waals surface area (Å²) in [6.07, 6.45) is 5.02. The minimum atomic E-state index is 0.0767. The average molecular weight is 336 g/mol. The van der Waals surface area contributed by atoms with Crippen molar-refractivity contribution >= 4 is 22.8 Å². The number of hydrogen-bond acceptors (Lipinski definition) is 5. The minimum absolute atomic E-state index is 0.0767. The maximum atomic E-state index is 12.7. The monoisotopic (exact) mass is 336 g/mol. The van der Waals surface area contributed by atoms with E-state index in [1.165, 1.54) is 0 Å². The molecule has 0 saturated carbocycles. The molecule has 1 fully saturated rings. The summed E-state index contributed by atoms with van der Waals surface area (Å²) in [7, 11) is 0. The van der Waals surface area contributed by atoms with Crippen LogP contribution in [0.15, 0.2) is 36.9 Å². The highest BCUT2D eigenvalue weighted by atomic mass is 16.2. The molecular formula is C18H20N6O. The van der Waals surface area contributed by atoms with Crippen molar-refractivity contribution in [3.8, 4) is 0 Å². The molecule has 128 valence electrons. The first kappa shape index (κ1) is 15.6. The molecule has 0 aliphatic carbocycles. The molecule has 1 saturated heterocycles. The molecule has 7 nitrogen and oxygen atoms in total. The van der Waals surface area contributed by atoms with Crippen LogP contribution in [0, 0.1) is 6.92 Å². The lowest BCUT2D eigenvalue weighted by molar-refractivity contribution is 0.0718. The number of aromatic amines is 1. The Kier molecular flexibility index (Phi) is 4.05. The van der Waals surface area contributed by atoms with E-state index in [-0.39, 0.29) is 5.91 Å². The molecule has 4 rings (SSSR count). The number of aryl methyl sites for hydroxylation is 1. The Morgan fingerprint density at radius 2 is 2.04 bits per heavy atom. The largest absolute Gasteiger partial charge is 0.367 e. The van der Waals surface area contributed by atoms with Crippen molar-refractivity contribution in [3.63, 3.8) is 0 Å². The Morgan fingerprint density at radius 3 is 2.84 bits per heavy atom. The first-order valence-electron chi connectivity index (χ1n) is 8.46. The zero-order valence-corrected chi connectivity index (χ0v) is 14.1. The third-order valence-electron chi connectivity index (χ3n) is 4.61. The third-order valence-corrected chi connectivity index (χ3v) is 4.61. The van der Waals surface area contributed by atoms with Crippen molar-refractivity contribution in [2.75, 3.05) is 18.4 Å². The summed E-state index contributed by atoms with van der Waals surface area (Å²) < 4.78 is 0.